The second-order valence-corrected chi connectivity index (χ2v) is 4.98. The number of para-hydroxylation sites is 1. The van der Waals surface area contributed by atoms with Crippen LogP contribution in [-0.4, -0.2) is 28.3 Å². The zero-order chi connectivity index (χ0) is 11.6. The van der Waals surface area contributed by atoms with Crippen molar-refractivity contribution in [2.45, 2.75) is 19.9 Å². The van der Waals surface area contributed by atoms with Crippen molar-refractivity contribution in [1.29, 1.82) is 0 Å². The van der Waals surface area contributed by atoms with Crippen molar-refractivity contribution in [3.63, 3.8) is 0 Å². The summed E-state index contributed by atoms with van der Waals surface area (Å²) in [6, 6.07) is 10.9. The molecule has 0 atom stereocenters. The van der Waals surface area contributed by atoms with Crippen molar-refractivity contribution in [2.24, 2.45) is 0 Å². The Morgan fingerprint density at radius 3 is 2.69 bits per heavy atom. The van der Waals surface area contributed by atoms with Crippen molar-refractivity contribution in [1.82, 2.24) is 5.32 Å². The lowest BCUT2D eigenvalue weighted by atomic mass is 10.3. The SMILES string of the molecule is CC(C)NCC=C[Si]CNc1ccccc1. The van der Waals surface area contributed by atoms with Gasteiger partial charge in [-0.2, -0.15) is 0 Å². The summed E-state index contributed by atoms with van der Waals surface area (Å²) in [5, 5.41) is 6.74. The van der Waals surface area contributed by atoms with Crippen LogP contribution in [0.1, 0.15) is 13.8 Å². The molecule has 0 aliphatic carbocycles. The first kappa shape index (κ1) is 13.0. The summed E-state index contributed by atoms with van der Waals surface area (Å²) >= 11 is 0. The van der Waals surface area contributed by atoms with E-state index in [1.807, 2.05) is 18.2 Å². The molecule has 2 nitrogen and oxygen atoms in total. The molecule has 1 rings (SSSR count). The molecule has 0 heterocycles. The van der Waals surface area contributed by atoms with Gasteiger partial charge in [0.05, 0.1) is 9.52 Å². The minimum absolute atomic E-state index is 0.565. The zero-order valence-electron chi connectivity index (χ0n) is 10.0. The smallest absolute Gasteiger partial charge is 0.0944 e. The Bertz CT molecular complexity index is 296. The number of nitrogens with one attached hydrogen (secondary N) is 2. The molecule has 0 aromatic heterocycles. The molecular formula is C13H20N2Si. The molecule has 0 aliphatic heterocycles. The maximum atomic E-state index is 3.39. The van der Waals surface area contributed by atoms with Gasteiger partial charge in [-0.3, -0.25) is 0 Å². The predicted octanol–water partition coefficient (Wildman–Crippen LogP) is 2.27. The van der Waals surface area contributed by atoms with E-state index in [1.54, 1.807) is 0 Å². The summed E-state index contributed by atoms with van der Waals surface area (Å²) in [6.45, 7) is 5.29. The van der Waals surface area contributed by atoms with Crippen molar-refractivity contribution in [2.75, 3.05) is 18.0 Å². The van der Waals surface area contributed by atoms with Crippen molar-refractivity contribution in [3.8, 4) is 0 Å². The van der Waals surface area contributed by atoms with Gasteiger partial charge in [0.2, 0.25) is 0 Å². The minimum atomic E-state index is 0.565. The average Bonchev–Trinajstić information content (AvgIpc) is 2.29. The van der Waals surface area contributed by atoms with Gasteiger partial charge in [-0.25, -0.2) is 0 Å². The lowest BCUT2D eigenvalue weighted by molar-refractivity contribution is 0.633. The van der Waals surface area contributed by atoms with Crippen LogP contribution in [0.3, 0.4) is 0 Å². The Hall–Kier alpha value is -1.06. The molecule has 0 saturated carbocycles. The Kier molecular flexibility index (Phi) is 6.61. The molecule has 2 N–H and O–H groups in total. The molecule has 2 radical (unpaired) electrons. The molecular weight excluding hydrogens is 212 g/mol. The molecule has 0 aliphatic rings. The maximum absolute atomic E-state index is 3.39. The molecule has 0 unspecified atom stereocenters. The van der Waals surface area contributed by atoms with Crippen LogP contribution >= 0.6 is 0 Å². The maximum Gasteiger partial charge on any atom is 0.0944 e. The van der Waals surface area contributed by atoms with E-state index in [1.165, 1.54) is 5.69 Å². The average molecular weight is 232 g/mol. The van der Waals surface area contributed by atoms with Gasteiger partial charge in [0.15, 0.2) is 0 Å². The van der Waals surface area contributed by atoms with Crippen LogP contribution in [0, 0.1) is 0 Å². The summed E-state index contributed by atoms with van der Waals surface area (Å²) in [4.78, 5) is 0. The number of hydrogen-bond acceptors (Lipinski definition) is 2. The van der Waals surface area contributed by atoms with E-state index in [0.29, 0.717) is 6.04 Å². The molecule has 0 spiro atoms. The highest BCUT2D eigenvalue weighted by Crippen LogP contribution is 2.03. The third-order valence-corrected chi connectivity index (χ3v) is 2.90. The lowest BCUT2D eigenvalue weighted by Crippen LogP contribution is -2.22. The molecule has 0 amide bonds. The quantitative estimate of drug-likeness (QED) is 0.557. The molecule has 1 aromatic carbocycles. The van der Waals surface area contributed by atoms with E-state index in [-0.39, 0.29) is 0 Å². The van der Waals surface area contributed by atoms with E-state index in [4.69, 9.17) is 0 Å². The molecule has 86 valence electrons. The van der Waals surface area contributed by atoms with Gasteiger partial charge in [-0.1, -0.05) is 43.8 Å². The Morgan fingerprint density at radius 1 is 1.25 bits per heavy atom. The highest BCUT2D eigenvalue weighted by Gasteiger charge is 1.89. The predicted molar refractivity (Wildman–Crippen MR) is 73.0 cm³/mol. The highest BCUT2D eigenvalue weighted by molar-refractivity contribution is 6.42. The van der Waals surface area contributed by atoms with Crippen LogP contribution in [0.2, 0.25) is 0 Å². The molecule has 1 aromatic rings. The van der Waals surface area contributed by atoms with Gasteiger partial charge in [0, 0.05) is 24.4 Å². The first-order valence-electron chi connectivity index (χ1n) is 5.69. The van der Waals surface area contributed by atoms with Crippen LogP contribution in [0.4, 0.5) is 5.69 Å². The number of anilines is 1. The van der Waals surface area contributed by atoms with Gasteiger partial charge in [-0.05, 0) is 12.1 Å². The molecule has 3 heteroatoms. The van der Waals surface area contributed by atoms with Gasteiger partial charge in [0.1, 0.15) is 0 Å². The Labute approximate surface area is 101 Å². The fourth-order valence-electron chi connectivity index (χ4n) is 1.21. The van der Waals surface area contributed by atoms with Crippen LogP contribution in [0.25, 0.3) is 0 Å². The minimum Gasteiger partial charge on any atom is -0.388 e. The van der Waals surface area contributed by atoms with Crippen molar-refractivity contribution in [3.05, 3.63) is 42.1 Å². The second-order valence-electron chi connectivity index (χ2n) is 3.89. The molecule has 0 fully saturated rings. The van der Waals surface area contributed by atoms with Gasteiger partial charge < -0.3 is 10.6 Å². The van der Waals surface area contributed by atoms with E-state index in [2.05, 4.69) is 48.4 Å². The normalized spacial score (nSPS) is 11.2. The highest BCUT2D eigenvalue weighted by atomic mass is 28.2. The lowest BCUT2D eigenvalue weighted by Gasteiger charge is -2.04. The second kappa shape index (κ2) is 8.13. The standard InChI is InChI=1S/C13H20N2Si/c1-12(2)14-9-6-10-16-11-15-13-7-4-3-5-8-13/h3-8,10,12,14-15H,9,11H2,1-2H3. The van der Waals surface area contributed by atoms with Crippen LogP contribution in [-0.2, 0) is 0 Å². The first-order chi connectivity index (χ1) is 7.79. The van der Waals surface area contributed by atoms with E-state index in [9.17, 15) is 0 Å². The summed E-state index contributed by atoms with van der Waals surface area (Å²) in [5.41, 5.74) is 3.44. The Balaban J connectivity index is 2.04. The topological polar surface area (TPSA) is 24.1 Å². The van der Waals surface area contributed by atoms with Gasteiger partial charge >= 0.3 is 0 Å². The van der Waals surface area contributed by atoms with Crippen molar-refractivity contribution < 1.29 is 0 Å². The number of hydrogen-bond donors (Lipinski definition) is 2. The van der Waals surface area contributed by atoms with Crippen LogP contribution in [0.15, 0.2) is 42.1 Å². The van der Waals surface area contributed by atoms with E-state index >= 15 is 0 Å². The summed E-state index contributed by atoms with van der Waals surface area (Å²) in [5.74, 6) is 0. The van der Waals surface area contributed by atoms with E-state index < -0.39 is 0 Å². The van der Waals surface area contributed by atoms with Gasteiger partial charge in [0.25, 0.3) is 0 Å². The zero-order valence-corrected chi connectivity index (χ0v) is 11.0. The fraction of sp³-hybridized carbons (Fsp3) is 0.385. The number of benzene rings is 1. The van der Waals surface area contributed by atoms with Gasteiger partial charge in [-0.15, -0.1) is 0 Å². The first-order valence-corrected chi connectivity index (χ1v) is 6.98. The summed E-state index contributed by atoms with van der Waals surface area (Å²) < 4.78 is 0. The van der Waals surface area contributed by atoms with E-state index in [0.717, 1.165) is 22.2 Å². The fourth-order valence-corrected chi connectivity index (χ4v) is 1.92. The van der Waals surface area contributed by atoms with Crippen LogP contribution in [0.5, 0.6) is 0 Å². The third kappa shape index (κ3) is 6.43. The molecule has 0 saturated heterocycles. The summed E-state index contributed by atoms with van der Waals surface area (Å²) in [6.07, 6.45) is 3.22. The summed E-state index contributed by atoms with van der Waals surface area (Å²) in [7, 11) is 0.830. The largest absolute Gasteiger partial charge is 0.388 e. The van der Waals surface area contributed by atoms with Crippen molar-refractivity contribution >= 4 is 15.2 Å². The number of rotatable bonds is 7. The third-order valence-electron chi connectivity index (χ3n) is 2.05. The molecule has 16 heavy (non-hydrogen) atoms. The van der Waals surface area contributed by atoms with Crippen LogP contribution < -0.4 is 10.6 Å². The Morgan fingerprint density at radius 2 is 2.00 bits per heavy atom. The monoisotopic (exact) mass is 232 g/mol. The molecule has 0 bridgehead atoms.